The fourth-order valence-corrected chi connectivity index (χ4v) is 2.57. The molecule has 2 aromatic carbocycles. The van der Waals surface area contributed by atoms with Gasteiger partial charge in [-0.15, -0.1) is 0 Å². The van der Waals surface area contributed by atoms with E-state index in [1.165, 1.54) is 17.7 Å². The molecule has 0 heterocycles. The lowest BCUT2D eigenvalue weighted by Crippen LogP contribution is -2.06. The lowest BCUT2D eigenvalue weighted by Gasteiger charge is -2.12. The lowest BCUT2D eigenvalue weighted by molar-refractivity contribution is 0.302. The van der Waals surface area contributed by atoms with Crippen molar-refractivity contribution in [3.05, 3.63) is 63.4 Å². The van der Waals surface area contributed by atoms with Gasteiger partial charge in [-0.2, -0.15) is 0 Å². The van der Waals surface area contributed by atoms with Gasteiger partial charge < -0.3 is 10.5 Å². The maximum Gasteiger partial charge on any atom is 0.124 e. The average Bonchev–Trinajstić information content (AvgIpc) is 2.37. The monoisotopic (exact) mass is 337 g/mol. The van der Waals surface area contributed by atoms with E-state index in [0.29, 0.717) is 17.6 Å². The molecule has 0 aliphatic carbocycles. The van der Waals surface area contributed by atoms with Crippen LogP contribution in [0.2, 0.25) is 0 Å². The van der Waals surface area contributed by atoms with Gasteiger partial charge in [-0.25, -0.2) is 4.39 Å². The van der Waals surface area contributed by atoms with Gasteiger partial charge in [0.25, 0.3) is 0 Å². The molecule has 0 aromatic heterocycles. The van der Waals surface area contributed by atoms with Crippen LogP contribution in [0.15, 0.2) is 40.9 Å². The third-order valence-corrected chi connectivity index (χ3v) is 3.40. The van der Waals surface area contributed by atoms with Gasteiger partial charge in [0.2, 0.25) is 0 Å². The van der Waals surface area contributed by atoms with Crippen molar-refractivity contribution >= 4 is 15.9 Å². The Morgan fingerprint density at radius 3 is 2.70 bits per heavy atom. The van der Waals surface area contributed by atoms with E-state index in [0.717, 1.165) is 23.3 Å². The number of halogens is 2. The summed E-state index contributed by atoms with van der Waals surface area (Å²) >= 11 is 3.28. The molecule has 106 valence electrons. The fourth-order valence-electron chi connectivity index (χ4n) is 2.06. The summed E-state index contributed by atoms with van der Waals surface area (Å²) in [6.45, 7) is 2.94. The van der Waals surface area contributed by atoms with Crippen LogP contribution in [-0.2, 0) is 13.0 Å². The Bertz CT molecular complexity index is 581. The predicted molar refractivity (Wildman–Crippen MR) is 82.4 cm³/mol. The van der Waals surface area contributed by atoms with Crippen LogP contribution >= 0.6 is 15.9 Å². The molecule has 0 saturated carbocycles. The number of aryl methyl sites for hydroxylation is 1. The van der Waals surface area contributed by atoms with Crippen molar-refractivity contribution in [3.8, 4) is 5.75 Å². The third-order valence-electron chi connectivity index (χ3n) is 2.95. The topological polar surface area (TPSA) is 35.2 Å². The molecule has 20 heavy (non-hydrogen) atoms. The highest BCUT2D eigenvalue weighted by Crippen LogP contribution is 2.22. The Hall–Kier alpha value is -1.39. The Kier molecular flexibility index (Phi) is 5.15. The molecule has 2 nitrogen and oxygen atoms in total. The number of nitrogens with two attached hydrogens (primary N) is 1. The maximum atomic E-state index is 13.3. The minimum atomic E-state index is -0.274. The summed E-state index contributed by atoms with van der Waals surface area (Å²) in [6.07, 6.45) is 0.768. The standard InChI is InChI=1S/C16H17BrFNO/c1-11-2-3-16(13(6-11)4-5-19)20-10-12-7-14(17)9-15(18)8-12/h2-3,6-9H,4-5,10,19H2,1H3. The predicted octanol–water partition coefficient (Wildman–Crippen LogP) is 3.98. The summed E-state index contributed by atoms with van der Waals surface area (Å²) in [5.74, 6) is 0.533. The van der Waals surface area contributed by atoms with Crippen molar-refractivity contribution in [2.75, 3.05) is 6.54 Å². The van der Waals surface area contributed by atoms with E-state index >= 15 is 0 Å². The molecule has 2 rings (SSSR count). The van der Waals surface area contributed by atoms with Gasteiger partial charge in [0.1, 0.15) is 18.2 Å². The average molecular weight is 338 g/mol. The zero-order valence-corrected chi connectivity index (χ0v) is 12.9. The quantitative estimate of drug-likeness (QED) is 0.895. The largest absolute Gasteiger partial charge is 0.489 e. The molecule has 0 amide bonds. The molecular weight excluding hydrogens is 321 g/mol. The molecule has 4 heteroatoms. The van der Waals surface area contributed by atoms with Crippen LogP contribution in [0.1, 0.15) is 16.7 Å². The molecule has 0 bridgehead atoms. The molecule has 0 fully saturated rings. The van der Waals surface area contributed by atoms with Crippen LogP contribution in [0.3, 0.4) is 0 Å². The smallest absolute Gasteiger partial charge is 0.124 e. The van der Waals surface area contributed by atoms with E-state index < -0.39 is 0 Å². The first-order chi connectivity index (χ1) is 9.58. The van der Waals surface area contributed by atoms with Crippen molar-refractivity contribution in [2.45, 2.75) is 20.0 Å². The number of hydrogen-bond donors (Lipinski definition) is 1. The Labute approximate surface area is 126 Å². The van der Waals surface area contributed by atoms with E-state index in [9.17, 15) is 4.39 Å². The molecule has 2 N–H and O–H groups in total. The van der Waals surface area contributed by atoms with Crippen LogP contribution in [0.4, 0.5) is 4.39 Å². The summed E-state index contributed by atoms with van der Waals surface area (Å²) < 4.78 is 19.8. The first kappa shape index (κ1) is 15.0. The van der Waals surface area contributed by atoms with Gasteiger partial charge in [-0.3, -0.25) is 0 Å². The second kappa shape index (κ2) is 6.86. The molecule has 0 spiro atoms. The van der Waals surface area contributed by atoms with E-state index in [1.54, 1.807) is 0 Å². The molecule has 0 aliphatic rings. The molecular formula is C16H17BrFNO. The van der Waals surface area contributed by atoms with Crippen LogP contribution in [0.25, 0.3) is 0 Å². The molecule has 0 radical (unpaired) electrons. The highest BCUT2D eigenvalue weighted by Gasteiger charge is 2.05. The molecule has 0 unspecified atom stereocenters. The molecule has 0 atom stereocenters. The second-order valence-corrected chi connectivity index (χ2v) is 5.63. The van der Waals surface area contributed by atoms with E-state index in [1.807, 2.05) is 25.1 Å². The molecule has 2 aromatic rings. The fraction of sp³-hybridized carbons (Fsp3) is 0.250. The van der Waals surface area contributed by atoms with Gasteiger partial charge in [0, 0.05) is 4.47 Å². The van der Waals surface area contributed by atoms with Gasteiger partial charge in [0.05, 0.1) is 0 Å². The van der Waals surface area contributed by atoms with Gasteiger partial charge in [-0.1, -0.05) is 33.6 Å². The first-order valence-corrected chi connectivity index (χ1v) is 7.25. The summed E-state index contributed by atoms with van der Waals surface area (Å²) in [4.78, 5) is 0. The highest BCUT2D eigenvalue weighted by atomic mass is 79.9. The minimum Gasteiger partial charge on any atom is -0.489 e. The van der Waals surface area contributed by atoms with Gasteiger partial charge in [0.15, 0.2) is 0 Å². The van der Waals surface area contributed by atoms with Crippen LogP contribution in [0.5, 0.6) is 5.75 Å². The van der Waals surface area contributed by atoms with Crippen molar-refractivity contribution in [1.82, 2.24) is 0 Å². The normalized spacial score (nSPS) is 10.6. The van der Waals surface area contributed by atoms with Crippen molar-refractivity contribution in [2.24, 2.45) is 5.73 Å². The van der Waals surface area contributed by atoms with E-state index in [4.69, 9.17) is 10.5 Å². The zero-order valence-electron chi connectivity index (χ0n) is 11.3. The maximum absolute atomic E-state index is 13.3. The minimum absolute atomic E-state index is 0.274. The van der Waals surface area contributed by atoms with Crippen molar-refractivity contribution in [3.63, 3.8) is 0 Å². The van der Waals surface area contributed by atoms with Crippen molar-refractivity contribution in [1.29, 1.82) is 0 Å². The van der Waals surface area contributed by atoms with Gasteiger partial charge >= 0.3 is 0 Å². The van der Waals surface area contributed by atoms with Crippen LogP contribution in [0, 0.1) is 12.7 Å². The summed E-state index contributed by atoms with van der Waals surface area (Å²) in [6, 6.07) is 10.8. The Morgan fingerprint density at radius 2 is 2.00 bits per heavy atom. The van der Waals surface area contributed by atoms with Crippen LogP contribution < -0.4 is 10.5 Å². The first-order valence-electron chi connectivity index (χ1n) is 6.46. The Balaban J connectivity index is 2.13. The van der Waals surface area contributed by atoms with Gasteiger partial charge in [-0.05, 0) is 55.3 Å². The number of benzene rings is 2. The molecule has 0 saturated heterocycles. The van der Waals surface area contributed by atoms with Crippen molar-refractivity contribution < 1.29 is 9.13 Å². The number of hydrogen-bond acceptors (Lipinski definition) is 2. The summed E-state index contributed by atoms with van der Waals surface area (Å²) in [5.41, 5.74) is 8.66. The number of rotatable bonds is 5. The highest BCUT2D eigenvalue weighted by molar-refractivity contribution is 9.10. The number of ether oxygens (including phenoxy) is 1. The Morgan fingerprint density at radius 1 is 1.20 bits per heavy atom. The second-order valence-electron chi connectivity index (χ2n) is 4.72. The van der Waals surface area contributed by atoms with Crippen LogP contribution in [-0.4, -0.2) is 6.54 Å². The zero-order chi connectivity index (χ0) is 14.5. The summed E-state index contributed by atoms with van der Waals surface area (Å²) in [5, 5.41) is 0. The lowest BCUT2D eigenvalue weighted by atomic mass is 10.1. The molecule has 0 aliphatic heterocycles. The van der Waals surface area contributed by atoms with E-state index in [2.05, 4.69) is 22.0 Å². The third kappa shape index (κ3) is 4.05. The van der Waals surface area contributed by atoms with E-state index in [-0.39, 0.29) is 5.82 Å². The summed E-state index contributed by atoms with van der Waals surface area (Å²) in [7, 11) is 0. The SMILES string of the molecule is Cc1ccc(OCc2cc(F)cc(Br)c2)c(CCN)c1.